The predicted molar refractivity (Wildman–Crippen MR) is 117 cm³/mol. The van der Waals surface area contributed by atoms with Crippen molar-refractivity contribution in [2.24, 2.45) is 5.41 Å². The predicted octanol–water partition coefficient (Wildman–Crippen LogP) is 7.60. The van der Waals surface area contributed by atoms with E-state index in [1.165, 1.54) is 0 Å². The molecule has 0 spiro atoms. The molecular weight excluding hydrogens is 351 g/mol. The van der Waals surface area contributed by atoms with Crippen LogP contribution in [0.3, 0.4) is 0 Å². The van der Waals surface area contributed by atoms with E-state index in [2.05, 4.69) is 66.8 Å². The number of rotatable bonds is 5. The number of benzene rings is 2. The first-order valence-corrected chi connectivity index (χ1v) is 12.7. The molecule has 0 N–H and O–H groups in total. The lowest BCUT2D eigenvalue weighted by molar-refractivity contribution is 0.276. The Morgan fingerprint density at radius 2 is 1.56 bits per heavy atom. The first kappa shape index (κ1) is 21.8. The fourth-order valence-electron chi connectivity index (χ4n) is 2.82. The lowest BCUT2D eigenvalue weighted by Gasteiger charge is -2.36. The second kappa shape index (κ2) is 7.88. The largest absolute Gasteiger partial charge is 0.413 e. The molecule has 0 aliphatic heterocycles. The van der Waals surface area contributed by atoms with Gasteiger partial charge in [-0.25, -0.2) is 4.39 Å². The zero-order valence-corrected chi connectivity index (χ0v) is 19.2. The highest BCUT2D eigenvalue weighted by atomic mass is 28.4. The van der Waals surface area contributed by atoms with Gasteiger partial charge in [0.1, 0.15) is 5.82 Å². The average molecular weight is 387 g/mol. The van der Waals surface area contributed by atoms with E-state index in [0.29, 0.717) is 12.2 Å². The van der Waals surface area contributed by atoms with Crippen LogP contribution >= 0.6 is 0 Å². The molecule has 0 heterocycles. The molecule has 0 unspecified atom stereocenters. The van der Waals surface area contributed by atoms with Gasteiger partial charge in [0.2, 0.25) is 0 Å². The molecule has 2 rings (SSSR count). The molecule has 2 aromatic rings. The Balaban J connectivity index is 2.27. The van der Waals surface area contributed by atoms with Gasteiger partial charge in [-0.3, -0.25) is 0 Å². The number of hydrogen-bond donors (Lipinski definition) is 0. The molecule has 2 aromatic carbocycles. The second-order valence-corrected chi connectivity index (χ2v) is 15.1. The van der Waals surface area contributed by atoms with Crippen LogP contribution in [-0.4, -0.2) is 8.32 Å². The van der Waals surface area contributed by atoms with Crippen LogP contribution in [-0.2, 0) is 17.5 Å². The lowest BCUT2D eigenvalue weighted by atomic mass is 9.86. The topological polar surface area (TPSA) is 9.23 Å². The van der Waals surface area contributed by atoms with Crippen LogP contribution in [0.4, 0.5) is 4.39 Å². The van der Waals surface area contributed by atoms with Gasteiger partial charge in [-0.2, -0.15) is 0 Å². The van der Waals surface area contributed by atoms with Crippen molar-refractivity contribution >= 4 is 8.32 Å². The van der Waals surface area contributed by atoms with Crippen molar-refractivity contribution in [3.8, 4) is 11.1 Å². The highest BCUT2D eigenvalue weighted by molar-refractivity contribution is 6.74. The Bertz CT molecular complexity index is 782. The summed E-state index contributed by atoms with van der Waals surface area (Å²) in [5.74, 6) is -0.102. The lowest BCUT2D eigenvalue weighted by Crippen LogP contribution is -2.40. The van der Waals surface area contributed by atoms with E-state index in [0.717, 1.165) is 23.1 Å². The fourth-order valence-corrected chi connectivity index (χ4v) is 3.78. The minimum atomic E-state index is -1.81. The van der Waals surface area contributed by atoms with E-state index < -0.39 is 8.32 Å². The molecule has 0 saturated heterocycles. The smallest absolute Gasteiger partial charge is 0.192 e. The van der Waals surface area contributed by atoms with Gasteiger partial charge in [0.05, 0.1) is 6.61 Å². The third-order valence-electron chi connectivity index (χ3n) is 5.44. The van der Waals surface area contributed by atoms with E-state index in [1.54, 1.807) is 0 Å². The molecule has 3 heteroatoms. The maximum absolute atomic E-state index is 15.1. The number of hydrogen-bond acceptors (Lipinski definition) is 1. The third kappa shape index (κ3) is 5.76. The van der Waals surface area contributed by atoms with Crippen LogP contribution in [0, 0.1) is 11.2 Å². The van der Waals surface area contributed by atoms with Gasteiger partial charge in [0.15, 0.2) is 8.32 Å². The second-order valence-electron chi connectivity index (χ2n) is 10.3. The molecule has 0 aliphatic rings. The molecule has 27 heavy (non-hydrogen) atoms. The van der Waals surface area contributed by atoms with Crippen LogP contribution in [0.5, 0.6) is 0 Å². The van der Waals surface area contributed by atoms with Gasteiger partial charge in [0, 0.05) is 5.56 Å². The van der Waals surface area contributed by atoms with Crippen LogP contribution < -0.4 is 0 Å². The van der Waals surface area contributed by atoms with E-state index in [4.69, 9.17) is 4.43 Å². The Labute approximate surface area is 166 Å². The molecule has 0 fully saturated rings. The van der Waals surface area contributed by atoms with Crippen LogP contribution in [0.2, 0.25) is 18.1 Å². The van der Waals surface area contributed by atoms with Crippen molar-refractivity contribution in [1.82, 2.24) is 0 Å². The molecule has 0 bridgehead atoms. The maximum Gasteiger partial charge on any atom is 0.192 e. The van der Waals surface area contributed by atoms with Gasteiger partial charge >= 0.3 is 0 Å². The Morgan fingerprint density at radius 3 is 2.15 bits per heavy atom. The van der Waals surface area contributed by atoms with Gasteiger partial charge in [0.25, 0.3) is 0 Å². The SMILES string of the molecule is CC(C)(C)Cc1cccc(-c2cccc(CO[Si](C)(C)C(C)(C)C)c2)c1F. The van der Waals surface area contributed by atoms with Gasteiger partial charge < -0.3 is 4.43 Å². The quantitative estimate of drug-likeness (QED) is 0.481. The summed E-state index contributed by atoms with van der Waals surface area (Å²) in [5.41, 5.74) is 3.52. The highest BCUT2D eigenvalue weighted by Crippen LogP contribution is 2.37. The molecular formula is C24H35FOSi. The molecule has 1 nitrogen and oxygen atoms in total. The normalized spacial score (nSPS) is 13.1. The minimum Gasteiger partial charge on any atom is -0.413 e. The van der Waals surface area contributed by atoms with Crippen molar-refractivity contribution in [3.05, 3.63) is 59.4 Å². The molecule has 0 saturated carbocycles. The summed E-state index contributed by atoms with van der Waals surface area (Å²) >= 11 is 0. The first-order chi connectivity index (χ1) is 12.3. The highest BCUT2D eigenvalue weighted by Gasteiger charge is 2.37. The molecule has 0 atom stereocenters. The van der Waals surface area contributed by atoms with Crippen molar-refractivity contribution in [1.29, 1.82) is 0 Å². The minimum absolute atomic E-state index is 0.0539. The summed E-state index contributed by atoms with van der Waals surface area (Å²) in [4.78, 5) is 0. The molecule has 0 aliphatic carbocycles. The Kier molecular flexibility index (Phi) is 6.38. The zero-order valence-electron chi connectivity index (χ0n) is 18.2. The standard InChI is InChI=1S/C24H35FOSi/c1-23(2,3)16-20-13-10-14-21(22(20)25)19-12-9-11-18(15-19)17-26-27(7,8)24(4,5)6/h9-15H,16-17H2,1-8H3. The van der Waals surface area contributed by atoms with Crippen LogP contribution in [0.25, 0.3) is 11.1 Å². The van der Waals surface area contributed by atoms with Crippen molar-refractivity contribution in [2.75, 3.05) is 0 Å². The maximum atomic E-state index is 15.1. The Hall–Kier alpha value is -1.45. The van der Waals surface area contributed by atoms with Gasteiger partial charge in [-0.05, 0) is 52.7 Å². The van der Waals surface area contributed by atoms with Crippen molar-refractivity contribution < 1.29 is 8.82 Å². The summed E-state index contributed by atoms with van der Waals surface area (Å²) in [7, 11) is -1.81. The third-order valence-corrected chi connectivity index (χ3v) is 9.92. The fraction of sp³-hybridized carbons (Fsp3) is 0.500. The van der Waals surface area contributed by atoms with Crippen molar-refractivity contribution in [3.63, 3.8) is 0 Å². The average Bonchev–Trinajstić information content (AvgIpc) is 2.53. The van der Waals surface area contributed by atoms with Gasteiger partial charge in [-0.15, -0.1) is 0 Å². The monoisotopic (exact) mass is 386 g/mol. The summed E-state index contributed by atoms with van der Waals surface area (Å²) in [6.07, 6.45) is 0.723. The summed E-state index contributed by atoms with van der Waals surface area (Å²) in [6, 6.07) is 13.8. The summed E-state index contributed by atoms with van der Waals surface area (Å²) in [6.45, 7) is 18.2. The van der Waals surface area contributed by atoms with Crippen molar-refractivity contribution in [2.45, 2.75) is 72.7 Å². The van der Waals surface area contributed by atoms with Crippen LogP contribution in [0.1, 0.15) is 52.7 Å². The molecule has 0 aromatic heterocycles. The first-order valence-electron chi connectivity index (χ1n) is 9.81. The van der Waals surface area contributed by atoms with E-state index in [9.17, 15) is 0 Å². The Morgan fingerprint density at radius 1 is 0.926 bits per heavy atom. The van der Waals surface area contributed by atoms with Gasteiger partial charge in [-0.1, -0.05) is 77.9 Å². The van der Waals surface area contributed by atoms with E-state index >= 15 is 4.39 Å². The van der Waals surface area contributed by atoms with E-state index in [1.807, 2.05) is 30.3 Å². The molecule has 148 valence electrons. The molecule has 0 radical (unpaired) electrons. The van der Waals surface area contributed by atoms with E-state index in [-0.39, 0.29) is 16.3 Å². The number of halogens is 1. The summed E-state index contributed by atoms with van der Waals surface area (Å²) in [5, 5.41) is 0.179. The molecule has 0 amide bonds. The van der Waals surface area contributed by atoms with Crippen LogP contribution in [0.15, 0.2) is 42.5 Å². The zero-order chi connectivity index (χ0) is 20.5. The summed E-state index contributed by atoms with van der Waals surface area (Å²) < 4.78 is 21.5.